The van der Waals surface area contributed by atoms with Gasteiger partial charge in [0, 0.05) is 16.6 Å². The number of ether oxygens (including phenoxy) is 1. The third-order valence-corrected chi connectivity index (χ3v) is 3.36. The van der Waals surface area contributed by atoms with Gasteiger partial charge in [-0.1, -0.05) is 35.8 Å². The molecule has 3 nitrogen and oxygen atoms in total. The van der Waals surface area contributed by atoms with Gasteiger partial charge in [0.15, 0.2) is 0 Å². The second-order valence-electron chi connectivity index (χ2n) is 5.14. The Kier molecular flexibility index (Phi) is 5.68. The molecule has 20 heavy (non-hydrogen) atoms. The minimum Gasteiger partial charge on any atom is -0.486 e. The predicted octanol–water partition coefficient (Wildman–Crippen LogP) is 4.37. The highest BCUT2D eigenvalue weighted by Gasteiger charge is 2.07. The lowest BCUT2D eigenvalue weighted by atomic mass is 10.2. The molecule has 1 N–H and O–H groups in total. The maximum Gasteiger partial charge on any atom is 0.146 e. The highest BCUT2D eigenvalue weighted by Crippen LogP contribution is 2.20. The standard InChI is InChI=1S/C16H20BrNO2/c1-12(2)9-18-10-13-6-7-19-16(13)11-20-15-5-3-4-14(17)8-15/h3-8,12,18H,9-11H2,1-2H3. The summed E-state index contributed by atoms with van der Waals surface area (Å²) < 4.78 is 12.3. The summed E-state index contributed by atoms with van der Waals surface area (Å²) in [6.45, 7) is 6.64. The molecule has 0 saturated carbocycles. The molecule has 0 spiro atoms. The average Bonchev–Trinajstić information content (AvgIpc) is 2.84. The maximum atomic E-state index is 5.75. The molecule has 4 heteroatoms. The third-order valence-electron chi connectivity index (χ3n) is 2.87. The lowest BCUT2D eigenvalue weighted by Crippen LogP contribution is -2.19. The first-order valence-electron chi connectivity index (χ1n) is 6.79. The minimum absolute atomic E-state index is 0.447. The summed E-state index contributed by atoms with van der Waals surface area (Å²) in [7, 11) is 0. The number of halogens is 1. The number of nitrogens with one attached hydrogen (secondary N) is 1. The molecule has 0 aliphatic heterocycles. The second kappa shape index (κ2) is 7.50. The molecule has 0 saturated heterocycles. The molecule has 2 aromatic rings. The van der Waals surface area contributed by atoms with Gasteiger partial charge in [-0.3, -0.25) is 0 Å². The molecule has 0 aliphatic carbocycles. The van der Waals surface area contributed by atoms with E-state index in [0.29, 0.717) is 12.5 Å². The molecule has 0 unspecified atom stereocenters. The van der Waals surface area contributed by atoms with E-state index in [1.54, 1.807) is 6.26 Å². The first-order valence-corrected chi connectivity index (χ1v) is 7.59. The first-order chi connectivity index (χ1) is 9.65. The monoisotopic (exact) mass is 337 g/mol. The van der Waals surface area contributed by atoms with E-state index in [1.165, 1.54) is 0 Å². The fraction of sp³-hybridized carbons (Fsp3) is 0.375. The number of hydrogen-bond donors (Lipinski definition) is 1. The molecular weight excluding hydrogens is 318 g/mol. The fourth-order valence-corrected chi connectivity index (χ4v) is 2.23. The van der Waals surface area contributed by atoms with Crippen molar-refractivity contribution >= 4 is 15.9 Å². The van der Waals surface area contributed by atoms with Gasteiger partial charge in [-0.25, -0.2) is 0 Å². The molecule has 1 aromatic carbocycles. The predicted molar refractivity (Wildman–Crippen MR) is 83.7 cm³/mol. The van der Waals surface area contributed by atoms with E-state index in [2.05, 4.69) is 35.1 Å². The molecule has 108 valence electrons. The van der Waals surface area contributed by atoms with E-state index in [4.69, 9.17) is 9.15 Å². The van der Waals surface area contributed by atoms with Crippen LogP contribution in [0.3, 0.4) is 0 Å². The van der Waals surface area contributed by atoms with Crippen molar-refractivity contribution in [1.82, 2.24) is 5.32 Å². The van der Waals surface area contributed by atoms with Crippen LogP contribution in [0.15, 0.2) is 45.5 Å². The van der Waals surface area contributed by atoms with Crippen LogP contribution >= 0.6 is 15.9 Å². The van der Waals surface area contributed by atoms with Gasteiger partial charge in [-0.05, 0) is 36.7 Å². The Morgan fingerprint density at radius 2 is 2.15 bits per heavy atom. The summed E-state index contributed by atoms with van der Waals surface area (Å²) in [6, 6.07) is 9.80. The summed E-state index contributed by atoms with van der Waals surface area (Å²) in [5.74, 6) is 2.35. The lowest BCUT2D eigenvalue weighted by Gasteiger charge is -2.09. The Labute approximate surface area is 128 Å². The van der Waals surface area contributed by atoms with E-state index < -0.39 is 0 Å². The minimum atomic E-state index is 0.447. The van der Waals surface area contributed by atoms with Crippen LogP contribution < -0.4 is 10.1 Å². The van der Waals surface area contributed by atoms with Crippen molar-refractivity contribution in [2.45, 2.75) is 27.0 Å². The van der Waals surface area contributed by atoms with Crippen LogP contribution in [-0.2, 0) is 13.2 Å². The Balaban J connectivity index is 1.88. The van der Waals surface area contributed by atoms with Crippen LogP contribution in [0.5, 0.6) is 5.75 Å². The molecular formula is C16H20BrNO2. The quantitative estimate of drug-likeness (QED) is 0.814. The van der Waals surface area contributed by atoms with Gasteiger partial charge < -0.3 is 14.5 Å². The summed E-state index contributed by atoms with van der Waals surface area (Å²) in [4.78, 5) is 0. The zero-order valence-electron chi connectivity index (χ0n) is 11.9. The smallest absolute Gasteiger partial charge is 0.146 e. The summed E-state index contributed by atoms with van der Waals surface area (Å²) >= 11 is 3.43. The second-order valence-corrected chi connectivity index (χ2v) is 6.06. The number of furan rings is 1. The van der Waals surface area contributed by atoms with E-state index in [9.17, 15) is 0 Å². The highest BCUT2D eigenvalue weighted by molar-refractivity contribution is 9.10. The van der Waals surface area contributed by atoms with Crippen molar-refractivity contribution in [3.8, 4) is 5.75 Å². The van der Waals surface area contributed by atoms with Gasteiger partial charge in [0.1, 0.15) is 18.1 Å². The normalized spacial score (nSPS) is 11.0. The molecule has 1 aromatic heterocycles. The molecule has 2 rings (SSSR count). The molecule has 1 heterocycles. The molecule has 0 radical (unpaired) electrons. The lowest BCUT2D eigenvalue weighted by molar-refractivity contribution is 0.268. The summed E-state index contributed by atoms with van der Waals surface area (Å²) in [5, 5.41) is 3.41. The Morgan fingerprint density at radius 3 is 2.90 bits per heavy atom. The average molecular weight is 338 g/mol. The highest BCUT2D eigenvalue weighted by atomic mass is 79.9. The Hall–Kier alpha value is -1.26. The first kappa shape index (κ1) is 15.1. The van der Waals surface area contributed by atoms with Gasteiger partial charge in [0.25, 0.3) is 0 Å². The van der Waals surface area contributed by atoms with E-state index in [1.807, 2.05) is 30.3 Å². The molecule has 0 atom stereocenters. The SMILES string of the molecule is CC(C)CNCc1ccoc1COc1cccc(Br)c1. The van der Waals surface area contributed by atoms with Crippen molar-refractivity contribution in [2.24, 2.45) is 5.92 Å². The Morgan fingerprint density at radius 1 is 1.30 bits per heavy atom. The summed E-state index contributed by atoms with van der Waals surface area (Å²) in [6.07, 6.45) is 1.71. The van der Waals surface area contributed by atoms with Crippen LogP contribution in [-0.4, -0.2) is 6.54 Å². The van der Waals surface area contributed by atoms with Gasteiger partial charge >= 0.3 is 0 Å². The number of benzene rings is 1. The van der Waals surface area contributed by atoms with Crippen molar-refractivity contribution in [3.63, 3.8) is 0 Å². The van der Waals surface area contributed by atoms with Crippen LogP contribution in [0, 0.1) is 5.92 Å². The van der Waals surface area contributed by atoms with E-state index in [0.717, 1.165) is 34.6 Å². The zero-order chi connectivity index (χ0) is 14.4. The molecule has 0 amide bonds. The largest absolute Gasteiger partial charge is 0.486 e. The molecule has 0 bridgehead atoms. The summed E-state index contributed by atoms with van der Waals surface area (Å²) in [5.41, 5.74) is 1.15. The molecule has 0 aliphatic rings. The van der Waals surface area contributed by atoms with Crippen LogP contribution in [0.4, 0.5) is 0 Å². The Bertz CT molecular complexity index is 537. The van der Waals surface area contributed by atoms with Crippen molar-refractivity contribution in [2.75, 3.05) is 6.54 Å². The van der Waals surface area contributed by atoms with Gasteiger partial charge in [0.2, 0.25) is 0 Å². The van der Waals surface area contributed by atoms with Crippen molar-refractivity contribution in [3.05, 3.63) is 52.4 Å². The van der Waals surface area contributed by atoms with E-state index in [-0.39, 0.29) is 0 Å². The van der Waals surface area contributed by atoms with Crippen molar-refractivity contribution in [1.29, 1.82) is 0 Å². The molecule has 0 fully saturated rings. The zero-order valence-corrected chi connectivity index (χ0v) is 13.4. The topological polar surface area (TPSA) is 34.4 Å². The third kappa shape index (κ3) is 4.69. The van der Waals surface area contributed by atoms with Gasteiger partial charge in [-0.2, -0.15) is 0 Å². The van der Waals surface area contributed by atoms with Gasteiger partial charge in [-0.15, -0.1) is 0 Å². The van der Waals surface area contributed by atoms with Crippen molar-refractivity contribution < 1.29 is 9.15 Å². The van der Waals surface area contributed by atoms with Crippen LogP contribution in [0.1, 0.15) is 25.2 Å². The van der Waals surface area contributed by atoms with E-state index >= 15 is 0 Å². The number of hydrogen-bond acceptors (Lipinski definition) is 3. The fourth-order valence-electron chi connectivity index (χ4n) is 1.85. The van der Waals surface area contributed by atoms with Gasteiger partial charge in [0.05, 0.1) is 6.26 Å². The van der Waals surface area contributed by atoms with Crippen LogP contribution in [0.25, 0.3) is 0 Å². The number of rotatable bonds is 7. The van der Waals surface area contributed by atoms with Crippen LogP contribution in [0.2, 0.25) is 0 Å². The maximum absolute atomic E-state index is 5.75.